The molecule has 2 amide bonds. The molecule has 0 spiro atoms. The van der Waals surface area contributed by atoms with Crippen LogP contribution >= 0.6 is 0 Å². The minimum absolute atomic E-state index is 0.00892. The van der Waals surface area contributed by atoms with E-state index in [9.17, 15) is 18.0 Å². The second kappa shape index (κ2) is 4.89. The van der Waals surface area contributed by atoms with Crippen LogP contribution < -0.4 is 10.5 Å². The molecule has 16 heavy (non-hydrogen) atoms. The van der Waals surface area contributed by atoms with E-state index in [1.807, 2.05) is 0 Å². The van der Waals surface area contributed by atoms with Gasteiger partial charge in [0.2, 0.25) is 21.8 Å². The molecule has 1 aliphatic rings. The number of amides is 2. The van der Waals surface area contributed by atoms with Crippen molar-refractivity contribution in [1.82, 2.24) is 9.62 Å². The van der Waals surface area contributed by atoms with Crippen LogP contribution in [-0.4, -0.2) is 50.5 Å². The number of carbonyl (C=O) groups is 2. The van der Waals surface area contributed by atoms with Crippen molar-refractivity contribution >= 4 is 21.8 Å². The van der Waals surface area contributed by atoms with Gasteiger partial charge in [-0.3, -0.25) is 14.5 Å². The van der Waals surface area contributed by atoms with Crippen molar-refractivity contribution in [1.29, 1.82) is 0 Å². The summed E-state index contributed by atoms with van der Waals surface area (Å²) in [5, 5.41) is 0. The Hall–Kier alpha value is -0.990. The predicted molar refractivity (Wildman–Crippen MR) is 56.8 cm³/mol. The van der Waals surface area contributed by atoms with Gasteiger partial charge in [0.05, 0.1) is 5.75 Å². The number of piperidine rings is 1. The molecule has 1 atom stereocenters. The molecule has 0 radical (unpaired) electrons. The Morgan fingerprint density at radius 3 is 2.69 bits per heavy atom. The van der Waals surface area contributed by atoms with Crippen molar-refractivity contribution in [3.05, 3.63) is 0 Å². The number of carbonyl (C=O) groups excluding carboxylic acids is 2. The third-order valence-electron chi connectivity index (χ3n) is 2.36. The highest BCUT2D eigenvalue weighted by Crippen LogP contribution is 2.12. The Balaban J connectivity index is 2.69. The van der Waals surface area contributed by atoms with Crippen LogP contribution in [0.15, 0.2) is 0 Å². The quantitative estimate of drug-likeness (QED) is 0.561. The first-order chi connectivity index (χ1) is 7.37. The number of hydrogen-bond donors (Lipinski definition) is 2. The lowest BCUT2D eigenvalue weighted by molar-refractivity contribution is -0.147. The number of nitrogens with two attached hydrogens (primary N) is 1. The van der Waals surface area contributed by atoms with Crippen molar-refractivity contribution in [3.63, 3.8) is 0 Å². The van der Waals surface area contributed by atoms with E-state index in [1.54, 1.807) is 0 Å². The smallest absolute Gasteiger partial charge is 0.247 e. The van der Waals surface area contributed by atoms with Gasteiger partial charge in [0.1, 0.15) is 6.04 Å². The van der Waals surface area contributed by atoms with Gasteiger partial charge in [0.25, 0.3) is 0 Å². The van der Waals surface area contributed by atoms with Crippen LogP contribution in [0, 0.1) is 0 Å². The van der Waals surface area contributed by atoms with E-state index in [4.69, 9.17) is 5.73 Å². The monoisotopic (exact) mass is 249 g/mol. The molecule has 1 saturated heterocycles. The number of likely N-dealkylation sites (tertiary alicyclic amines) is 1. The van der Waals surface area contributed by atoms with E-state index in [2.05, 4.69) is 4.72 Å². The van der Waals surface area contributed by atoms with Gasteiger partial charge in [-0.1, -0.05) is 0 Å². The molecule has 92 valence electrons. The lowest BCUT2D eigenvalue weighted by atomic mass is 10.1. The third kappa shape index (κ3) is 3.00. The summed E-state index contributed by atoms with van der Waals surface area (Å²) in [6.07, 6.45) is 0.365. The SMILES string of the molecule is CN1C(=O)CCC(NS(=O)(=O)CCN)C1=O. The van der Waals surface area contributed by atoms with Crippen LogP contribution in [0.5, 0.6) is 0 Å². The number of likely N-dealkylation sites (N-methyl/N-ethyl adjacent to an activating group) is 1. The van der Waals surface area contributed by atoms with E-state index in [0.29, 0.717) is 0 Å². The predicted octanol–water partition coefficient (Wildman–Crippen LogP) is -1.99. The minimum Gasteiger partial charge on any atom is -0.329 e. The highest BCUT2D eigenvalue weighted by Gasteiger charge is 2.33. The molecule has 0 aromatic heterocycles. The molecule has 1 unspecified atom stereocenters. The molecule has 1 aliphatic heterocycles. The molecule has 1 rings (SSSR count). The van der Waals surface area contributed by atoms with Gasteiger partial charge in [-0.15, -0.1) is 0 Å². The van der Waals surface area contributed by atoms with Crippen LogP contribution in [0.25, 0.3) is 0 Å². The highest BCUT2D eigenvalue weighted by atomic mass is 32.2. The highest BCUT2D eigenvalue weighted by molar-refractivity contribution is 7.89. The average Bonchev–Trinajstić information content (AvgIpc) is 2.19. The van der Waals surface area contributed by atoms with Gasteiger partial charge >= 0.3 is 0 Å². The van der Waals surface area contributed by atoms with Crippen LogP contribution in [0.3, 0.4) is 0 Å². The summed E-state index contributed by atoms with van der Waals surface area (Å²) in [7, 11) is -2.20. The zero-order valence-corrected chi connectivity index (χ0v) is 9.79. The Bertz CT molecular complexity index is 392. The Labute approximate surface area is 94.0 Å². The third-order valence-corrected chi connectivity index (χ3v) is 3.77. The second-order valence-corrected chi connectivity index (χ2v) is 5.48. The van der Waals surface area contributed by atoms with Crippen molar-refractivity contribution in [2.24, 2.45) is 5.73 Å². The summed E-state index contributed by atoms with van der Waals surface area (Å²) in [5.41, 5.74) is 5.14. The van der Waals surface area contributed by atoms with Gasteiger partial charge < -0.3 is 5.73 Å². The van der Waals surface area contributed by atoms with Crippen molar-refractivity contribution in [3.8, 4) is 0 Å². The lowest BCUT2D eigenvalue weighted by Crippen LogP contribution is -2.53. The molecule has 1 heterocycles. The first kappa shape index (κ1) is 13.1. The Kier molecular flexibility index (Phi) is 4.00. The summed E-state index contributed by atoms with van der Waals surface area (Å²) < 4.78 is 25.0. The molecule has 0 aliphatic carbocycles. The minimum atomic E-state index is -3.54. The number of rotatable bonds is 4. The second-order valence-electron chi connectivity index (χ2n) is 3.61. The fourth-order valence-electron chi connectivity index (χ4n) is 1.46. The van der Waals surface area contributed by atoms with Crippen molar-refractivity contribution in [2.45, 2.75) is 18.9 Å². The molecule has 0 saturated carbocycles. The van der Waals surface area contributed by atoms with Gasteiger partial charge in [-0.05, 0) is 6.42 Å². The summed E-state index contributed by atoms with van der Waals surface area (Å²) in [5.74, 6) is -1.04. The normalized spacial score (nSPS) is 22.6. The molecule has 0 bridgehead atoms. The number of nitrogens with zero attached hydrogens (tertiary/aromatic N) is 1. The van der Waals surface area contributed by atoms with Crippen molar-refractivity contribution in [2.75, 3.05) is 19.3 Å². The molecular weight excluding hydrogens is 234 g/mol. The molecule has 7 nitrogen and oxygen atoms in total. The molecular formula is C8H15N3O4S. The summed E-state index contributed by atoms with van der Waals surface area (Å²) >= 11 is 0. The molecule has 1 fully saturated rings. The fourth-order valence-corrected chi connectivity index (χ4v) is 2.54. The van der Waals surface area contributed by atoms with Crippen LogP contribution in [0.2, 0.25) is 0 Å². The van der Waals surface area contributed by atoms with Crippen LogP contribution in [0.4, 0.5) is 0 Å². The first-order valence-corrected chi connectivity index (χ1v) is 6.53. The maximum Gasteiger partial charge on any atom is 0.247 e. The molecule has 3 N–H and O–H groups in total. The Morgan fingerprint density at radius 1 is 1.50 bits per heavy atom. The number of sulfonamides is 1. The zero-order chi connectivity index (χ0) is 12.3. The summed E-state index contributed by atoms with van der Waals surface area (Å²) in [4.78, 5) is 23.7. The van der Waals surface area contributed by atoms with Crippen LogP contribution in [-0.2, 0) is 19.6 Å². The lowest BCUT2D eigenvalue weighted by Gasteiger charge is -2.27. The number of imide groups is 1. The summed E-state index contributed by atoms with van der Waals surface area (Å²) in [6, 6.07) is -0.848. The van der Waals surface area contributed by atoms with E-state index in [1.165, 1.54) is 7.05 Å². The zero-order valence-electron chi connectivity index (χ0n) is 8.97. The van der Waals surface area contributed by atoms with Gasteiger partial charge in [0.15, 0.2) is 0 Å². The van der Waals surface area contributed by atoms with E-state index in [0.717, 1.165) is 4.90 Å². The first-order valence-electron chi connectivity index (χ1n) is 4.88. The molecule has 0 aromatic carbocycles. The van der Waals surface area contributed by atoms with Crippen LogP contribution in [0.1, 0.15) is 12.8 Å². The molecule has 8 heteroatoms. The van der Waals surface area contributed by atoms with Crippen molar-refractivity contribution < 1.29 is 18.0 Å². The van der Waals surface area contributed by atoms with Gasteiger partial charge in [0, 0.05) is 20.0 Å². The summed E-state index contributed by atoms with van der Waals surface area (Å²) in [6.45, 7) is -0.00892. The van der Waals surface area contributed by atoms with Gasteiger partial charge in [-0.25, -0.2) is 13.1 Å². The fraction of sp³-hybridized carbons (Fsp3) is 0.750. The number of hydrogen-bond acceptors (Lipinski definition) is 5. The van der Waals surface area contributed by atoms with E-state index < -0.39 is 22.0 Å². The molecule has 0 aromatic rings. The van der Waals surface area contributed by atoms with E-state index in [-0.39, 0.29) is 31.0 Å². The Morgan fingerprint density at radius 2 is 2.12 bits per heavy atom. The maximum atomic E-state index is 11.6. The standard InChI is InChI=1S/C8H15N3O4S/c1-11-7(12)3-2-6(8(11)13)10-16(14,15)5-4-9/h6,10H,2-5,9H2,1H3. The average molecular weight is 249 g/mol. The van der Waals surface area contributed by atoms with Gasteiger partial charge in [-0.2, -0.15) is 0 Å². The largest absolute Gasteiger partial charge is 0.329 e. The topological polar surface area (TPSA) is 110 Å². The number of nitrogens with one attached hydrogen (secondary N) is 1. The maximum absolute atomic E-state index is 11.6. The van der Waals surface area contributed by atoms with E-state index >= 15 is 0 Å².